The number of rotatable bonds is 8. The van der Waals surface area contributed by atoms with Crippen LogP contribution in [0.1, 0.15) is 43.1 Å². The number of nitrogens with zero attached hydrogens (tertiary/aromatic N) is 2. The maximum absolute atomic E-state index is 14.1. The molecule has 5 nitrogen and oxygen atoms in total. The van der Waals surface area contributed by atoms with E-state index in [-0.39, 0.29) is 11.4 Å². The van der Waals surface area contributed by atoms with E-state index in [4.69, 9.17) is 9.47 Å². The van der Waals surface area contributed by atoms with Crippen LogP contribution in [0.4, 0.5) is 4.39 Å². The minimum absolute atomic E-state index is 0.0104. The van der Waals surface area contributed by atoms with Gasteiger partial charge in [0.1, 0.15) is 11.6 Å². The van der Waals surface area contributed by atoms with Crippen molar-refractivity contribution in [3.8, 4) is 22.9 Å². The lowest BCUT2D eigenvalue weighted by atomic mass is 10.1. The molecule has 0 bridgehead atoms. The van der Waals surface area contributed by atoms with Gasteiger partial charge in [-0.25, -0.2) is 19.2 Å². The molecule has 0 saturated heterocycles. The minimum Gasteiger partial charge on any atom is -0.493 e. The van der Waals surface area contributed by atoms with E-state index in [1.54, 1.807) is 6.07 Å². The number of hydrogen-bond acceptors (Lipinski definition) is 5. The highest BCUT2D eigenvalue weighted by molar-refractivity contribution is 5.91. The average molecular weight is 408 g/mol. The molecule has 0 aliphatic heterocycles. The molecule has 1 aromatic heterocycles. The quantitative estimate of drug-likeness (QED) is 0.461. The lowest BCUT2D eigenvalue weighted by Crippen LogP contribution is -2.12. The van der Waals surface area contributed by atoms with Crippen LogP contribution < -0.4 is 9.47 Å². The zero-order chi connectivity index (χ0) is 21.5. The molecule has 3 aromatic rings. The van der Waals surface area contributed by atoms with E-state index in [1.807, 2.05) is 31.2 Å². The largest absolute Gasteiger partial charge is 0.493 e. The monoisotopic (exact) mass is 408 g/mol. The topological polar surface area (TPSA) is 61.3 Å². The molecule has 0 spiro atoms. The summed E-state index contributed by atoms with van der Waals surface area (Å²) in [5.74, 6) is -0.103. The summed E-state index contributed by atoms with van der Waals surface area (Å²) in [5.41, 5.74) is 2.16. The maximum atomic E-state index is 14.1. The maximum Gasteiger partial charge on any atom is 0.347 e. The number of ether oxygens (including phenoxy) is 2. The Hall–Kier alpha value is -3.28. The van der Waals surface area contributed by atoms with Gasteiger partial charge in [-0.3, -0.25) is 0 Å². The van der Waals surface area contributed by atoms with Crippen LogP contribution >= 0.6 is 0 Å². The summed E-state index contributed by atoms with van der Waals surface area (Å²) in [6, 6.07) is 12.0. The van der Waals surface area contributed by atoms with Crippen molar-refractivity contribution < 1.29 is 18.7 Å². The summed E-state index contributed by atoms with van der Waals surface area (Å²) in [5, 5.41) is 0. The van der Waals surface area contributed by atoms with Crippen LogP contribution in [-0.4, -0.2) is 22.5 Å². The molecule has 30 heavy (non-hydrogen) atoms. The van der Waals surface area contributed by atoms with Crippen molar-refractivity contribution >= 4 is 5.97 Å². The van der Waals surface area contributed by atoms with Gasteiger partial charge in [-0.15, -0.1) is 0 Å². The molecule has 0 aliphatic carbocycles. The third-order valence-corrected chi connectivity index (χ3v) is 4.87. The van der Waals surface area contributed by atoms with E-state index in [2.05, 4.69) is 23.8 Å². The molecular weight excluding hydrogens is 383 g/mol. The van der Waals surface area contributed by atoms with Crippen LogP contribution in [0.25, 0.3) is 11.3 Å². The minimum atomic E-state index is -0.806. The fourth-order valence-electron chi connectivity index (χ4n) is 2.69. The molecule has 1 atom stereocenters. The summed E-state index contributed by atoms with van der Waals surface area (Å²) >= 11 is 0. The van der Waals surface area contributed by atoms with Crippen molar-refractivity contribution in [2.45, 2.75) is 33.6 Å². The summed E-state index contributed by atoms with van der Waals surface area (Å²) in [6.07, 6.45) is 4.61. The van der Waals surface area contributed by atoms with Crippen molar-refractivity contribution in [1.82, 2.24) is 9.97 Å². The van der Waals surface area contributed by atoms with Gasteiger partial charge in [0.05, 0.1) is 30.3 Å². The molecule has 0 amide bonds. The molecule has 0 fully saturated rings. The fraction of sp³-hybridized carbons (Fsp3) is 0.292. The Kier molecular flexibility index (Phi) is 7.12. The first kappa shape index (κ1) is 21.4. The number of hydrogen-bond donors (Lipinski definition) is 0. The van der Waals surface area contributed by atoms with E-state index >= 15 is 0 Å². The first-order chi connectivity index (χ1) is 14.5. The van der Waals surface area contributed by atoms with Gasteiger partial charge in [-0.05, 0) is 54.3 Å². The highest BCUT2D eigenvalue weighted by atomic mass is 19.1. The third kappa shape index (κ3) is 5.41. The van der Waals surface area contributed by atoms with Gasteiger partial charge >= 0.3 is 5.97 Å². The molecule has 0 saturated carbocycles. The van der Waals surface area contributed by atoms with Gasteiger partial charge in [0, 0.05) is 5.56 Å². The number of aromatic nitrogens is 2. The van der Waals surface area contributed by atoms with E-state index in [0.29, 0.717) is 24.6 Å². The van der Waals surface area contributed by atoms with Gasteiger partial charge in [-0.1, -0.05) is 33.3 Å². The Labute approximate surface area is 175 Å². The van der Waals surface area contributed by atoms with E-state index in [9.17, 15) is 9.18 Å². The van der Waals surface area contributed by atoms with Crippen LogP contribution in [-0.2, 0) is 6.42 Å². The number of carbonyl (C=O) groups excluding carboxylic acids is 1. The van der Waals surface area contributed by atoms with Crippen LogP contribution in [0.2, 0.25) is 0 Å². The van der Waals surface area contributed by atoms with Crippen molar-refractivity contribution in [3.63, 3.8) is 0 Å². The molecule has 1 heterocycles. The summed E-state index contributed by atoms with van der Waals surface area (Å²) in [6.45, 7) is 6.87. The Morgan fingerprint density at radius 3 is 2.43 bits per heavy atom. The molecule has 2 aromatic carbocycles. The van der Waals surface area contributed by atoms with Crippen molar-refractivity contribution in [2.24, 2.45) is 5.92 Å². The molecule has 6 heteroatoms. The number of halogens is 1. The third-order valence-electron chi connectivity index (χ3n) is 4.87. The fourth-order valence-corrected chi connectivity index (χ4v) is 2.69. The Morgan fingerprint density at radius 1 is 1.07 bits per heavy atom. The Bertz CT molecular complexity index is 988. The SMILES string of the molecule is CCc1ccc(C(=O)Oc2cnc(-c3ccc(OCC(C)CC)cc3)cn2)c(F)c1. The summed E-state index contributed by atoms with van der Waals surface area (Å²) in [7, 11) is 0. The molecule has 3 rings (SSSR count). The van der Waals surface area contributed by atoms with Crippen LogP contribution in [0.15, 0.2) is 54.9 Å². The first-order valence-electron chi connectivity index (χ1n) is 10.1. The lowest BCUT2D eigenvalue weighted by Gasteiger charge is -2.11. The van der Waals surface area contributed by atoms with Crippen molar-refractivity contribution in [2.75, 3.05) is 6.61 Å². The number of aryl methyl sites for hydroxylation is 1. The molecule has 0 N–H and O–H groups in total. The molecular formula is C24H25FN2O3. The number of benzene rings is 2. The van der Waals surface area contributed by atoms with Gasteiger partial charge < -0.3 is 9.47 Å². The number of esters is 1. The highest BCUT2D eigenvalue weighted by Crippen LogP contribution is 2.22. The Balaban J connectivity index is 1.64. The predicted molar refractivity (Wildman–Crippen MR) is 113 cm³/mol. The zero-order valence-corrected chi connectivity index (χ0v) is 17.4. The predicted octanol–water partition coefficient (Wildman–Crippen LogP) is 5.49. The Morgan fingerprint density at radius 2 is 1.83 bits per heavy atom. The van der Waals surface area contributed by atoms with Crippen molar-refractivity contribution in [3.05, 3.63) is 71.8 Å². The standard InChI is InChI=1S/C24H25FN2O3/c1-4-16(3)15-29-19-9-7-18(8-10-19)22-13-27-23(14-26-22)30-24(28)20-11-6-17(5-2)12-21(20)25/h6-14,16H,4-5,15H2,1-3H3. The normalized spacial score (nSPS) is 11.7. The molecule has 1 unspecified atom stereocenters. The van der Waals surface area contributed by atoms with Gasteiger partial charge in [0.25, 0.3) is 0 Å². The summed E-state index contributed by atoms with van der Waals surface area (Å²) < 4.78 is 25.0. The second-order valence-electron chi connectivity index (χ2n) is 7.15. The van der Waals surface area contributed by atoms with Crippen molar-refractivity contribution in [1.29, 1.82) is 0 Å². The van der Waals surface area contributed by atoms with E-state index < -0.39 is 11.8 Å². The average Bonchev–Trinajstić information content (AvgIpc) is 2.78. The first-order valence-corrected chi connectivity index (χ1v) is 10.1. The van der Waals surface area contributed by atoms with Gasteiger partial charge in [0.15, 0.2) is 0 Å². The molecule has 0 aliphatic rings. The molecule has 156 valence electrons. The zero-order valence-electron chi connectivity index (χ0n) is 17.4. The summed E-state index contributed by atoms with van der Waals surface area (Å²) in [4.78, 5) is 20.6. The van der Waals surface area contributed by atoms with Crippen LogP contribution in [0.5, 0.6) is 11.6 Å². The van der Waals surface area contributed by atoms with E-state index in [1.165, 1.54) is 24.5 Å². The number of carbonyl (C=O) groups is 1. The second kappa shape index (κ2) is 9.96. The van der Waals surface area contributed by atoms with Crippen LogP contribution in [0.3, 0.4) is 0 Å². The molecule has 0 radical (unpaired) electrons. The van der Waals surface area contributed by atoms with E-state index in [0.717, 1.165) is 23.3 Å². The van der Waals surface area contributed by atoms with Crippen LogP contribution in [0, 0.1) is 11.7 Å². The smallest absolute Gasteiger partial charge is 0.347 e. The second-order valence-corrected chi connectivity index (χ2v) is 7.15. The highest BCUT2D eigenvalue weighted by Gasteiger charge is 2.15. The lowest BCUT2D eigenvalue weighted by molar-refractivity contribution is 0.0722. The van der Waals surface area contributed by atoms with Gasteiger partial charge in [0.2, 0.25) is 5.88 Å². The van der Waals surface area contributed by atoms with Gasteiger partial charge in [-0.2, -0.15) is 0 Å².